The van der Waals surface area contributed by atoms with E-state index in [1.54, 1.807) is 6.08 Å². The summed E-state index contributed by atoms with van der Waals surface area (Å²) in [6, 6.07) is 25.5. The van der Waals surface area contributed by atoms with Crippen molar-refractivity contribution in [3.05, 3.63) is 90.2 Å². The van der Waals surface area contributed by atoms with Crippen LogP contribution >= 0.6 is 0 Å². The van der Waals surface area contributed by atoms with Gasteiger partial charge in [0.25, 0.3) is 0 Å². The molecule has 0 amide bonds. The molecular formula is C28H28O5. The van der Waals surface area contributed by atoms with Crippen molar-refractivity contribution in [1.82, 2.24) is 0 Å². The summed E-state index contributed by atoms with van der Waals surface area (Å²) >= 11 is 0. The minimum absolute atomic E-state index is 0.00417. The van der Waals surface area contributed by atoms with Crippen LogP contribution in [-0.2, 0) is 9.53 Å². The normalized spacial score (nSPS) is 14.1. The highest BCUT2D eigenvalue weighted by atomic mass is 16.5. The third kappa shape index (κ3) is 6.62. The van der Waals surface area contributed by atoms with Gasteiger partial charge >= 0.3 is 5.97 Å². The number of benzene rings is 3. The number of ether oxygens (including phenoxy) is 3. The molecule has 0 saturated heterocycles. The third-order valence-electron chi connectivity index (χ3n) is 5.57. The second-order valence-corrected chi connectivity index (χ2v) is 7.99. The van der Waals surface area contributed by atoms with Gasteiger partial charge in [0, 0.05) is 0 Å². The van der Waals surface area contributed by atoms with Crippen molar-refractivity contribution in [2.24, 2.45) is 0 Å². The molecule has 33 heavy (non-hydrogen) atoms. The van der Waals surface area contributed by atoms with E-state index in [-0.39, 0.29) is 11.9 Å². The lowest BCUT2D eigenvalue weighted by molar-refractivity contribution is -0.137. The number of aliphatic carboxylic acids is 1. The molecule has 170 valence electrons. The lowest BCUT2D eigenvalue weighted by atomic mass is 10.1. The Bertz CT molecular complexity index is 1050. The fourth-order valence-corrected chi connectivity index (χ4v) is 3.84. The van der Waals surface area contributed by atoms with Crippen LogP contribution in [0.15, 0.2) is 84.6 Å². The number of hydrogen-bond acceptors (Lipinski definition) is 4. The van der Waals surface area contributed by atoms with Gasteiger partial charge in [0.15, 0.2) is 0 Å². The lowest BCUT2D eigenvalue weighted by Crippen LogP contribution is -2.13. The molecule has 5 heteroatoms. The predicted octanol–water partition coefficient (Wildman–Crippen LogP) is 6.20. The van der Waals surface area contributed by atoms with Crippen molar-refractivity contribution in [2.45, 2.75) is 31.8 Å². The van der Waals surface area contributed by atoms with Gasteiger partial charge in [0.05, 0.1) is 6.10 Å². The highest BCUT2D eigenvalue weighted by molar-refractivity contribution is 5.89. The molecule has 4 rings (SSSR count). The van der Waals surface area contributed by atoms with Crippen molar-refractivity contribution >= 4 is 12.0 Å². The highest BCUT2D eigenvalue weighted by Gasteiger charge is 2.20. The molecule has 0 spiro atoms. The van der Waals surface area contributed by atoms with E-state index in [9.17, 15) is 9.90 Å². The lowest BCUT2D eigenvalue weighted by Gasteiger charge is -2.13. The molecule has 0 radical (unpaired) electrons. The molecule has 0 heterocycles. The molecule has 1 aliphatic carbocycles. The average Bonchev–Trinajstić information content (AvgIpc) is 3.36. The number of carboxylic acid groups (broad SMARTS) is 1. The Hall–Kier alpha value is -3.73. The molecule has 1 saturated carbocycles. The molecule has 0 bridgehead atoms. The van der Waals surface area contributed by atoms with Gasteiger partial charge in [-0.3, -0.25) is 0 Å². The van der Waals surface area contributed by atoms with Crippen LogP contribution in [0.2, 0.25) is 0 Å². The first kappa shape index (κ1) is 22.5. The van der Waals surface area contributed by atoms with Crippen molar-refractivity contribution in [2.75, 3.05) is 13.2 Å². The Morgan fingerprint density at radius 3 is 1.91 bits per heavy atom. The van der Waals surface area contributed by atoms with Crippen molar-refractivity contribution in [3.63, 3.8) is 0 Å². The van der Waals surface area contributed by atoms with E-state index >= 15 is 0 Å². The second kappa shape index (κ2) is 11.2. The van der Waals surface area contributed by atoms with E-state index < -0.39 is 5.97 Å². The van der Waals surface area contributed by atoms with Gasteiger partial charge in [-0.2, -0.15) is 0 Å². The first-order chi connectivity index (χ1) is 16.2. The van der Waals surface area contributed by atoms with Crippen molar-refractivity contribution in [1.29, 1.82) is 0 Å². The first-order valence-corrected chi connectivity index (χ1v) is 11.3. The summed E-state index contributed by atoms with van der Waals surface area (Å²) in [6.45, 7) is 0.825. The first-order valence-electron chi connectivity index (χ1n) is 11.3. The minimum Gasteiger partial charge on any atom is -0.490 e. The van der Waals surface area contributed by atoms with Gasteiger partial charge < -0.3 is 19.3 Å². The smallest absolute Gasteiger partial charge is 0.371 e. The largest absolute Gasteiger partial charge is 0.490 e. The topological polar surface area (TPSA) is 65.0 Å². The van der Waals surface area contributed by atoms with Crippen LogP contribution in [0.3, 0.4) is 0 Å². The Morgan fingerprint density at radius 1 is 0.788 bits per heavy atom. The minimum atomic E-state index is -1.05. The SMILES string of the molecule is O=C(O)C(=Cc1ccc(OCCOc2ccc(-c3ccccc3)cc2)cc1)OC1CCCC1. The molecule has 0 unspecified atom stereocenters. The fourth-order valence-electron chi connectivity index (χ4n) is 3.84. The van der Waals surface area contributed by atoms with E-state index in [0.717, 1.165) is 42.6 Å². The van der Waals surface area contributed by atoms with Crippen molar-refractivity contribution < 1.29 is 24.1 Å². The Balaban J connectivity index is 1.24. The molecular weight excluding hydrogens is 416 g/mol. The number of carbonyl (C=O) groups is 1. The maximum Gasteiger partial charge on any atom is 0.371 e. The Labute approximate surface area is 194 Å². The summed E-state index contributed by atoms with van der Waals surface area (Å²) < 4.78 is 17.2. The molecule has 3 aromatic rings. The van der Waals surface area contributed by atoms with Gasteiger partial charge in [-0.1, -0.05) is 54.6 Å². The molecule has 3 aromatic carbocycles. The summed E-state index contributed by atoms with van der Waals surface area (Å²) in [4.78, 5) is 11.5. The molecule has 0 aliphatic heterocycles. The predicted molar refractivity (Wildman–Crippen MR) is 128 cm³/mol. The zero-order chi connectivity index (χ0) is 22.9. The summed E-state index contributed by atoms with van der Waals surface area (Å²) in [5.74, 6) is 0.435. The number of hydrogen-bond donors (Lipinski definition) is 1. The number of rotatable bonds is 10. The van der Waals surface area contributed by atoms with E-state index in [1.165, 1.54) is 5.56 Å². The highest BCUT2D eigenvalue weighted by Crippen LogP contribution is 2.25. The summed E-state index contributed by atoms with van der Waals surface area (Å²) in [5, 5.41) is 9.43. The van der Waals surface area contributed by atoms with Crippen LogP contribution in [0.1, 0.15) is 31.2 Å². The summed E-state index contributed by atoms with van der Waals surface area (Å²) in [7, 11) is 0. The summed E-state index contributed by atoms with van der Waals surface area (Å²) in [5.41, 5.74) is 3.08. The van der Waals surface area contributed by atoms with Gasteiger partial charge in [0.2, 0.25) is 5.76 Å². The molecule has 5 nitrogen and oxygen atoms in total. The zero-order valence-electron chi connectivity index (χ0n) is 18.5. The van der Waals surface area contributed by atoms with Crippen LogP contribution in [0, 0.1) is 0 Å². The Kier molecular flexibility index (Phi) is 7.64. The van der Waals surface area contributed by atoms with Gasteiger partial charge in [-0.05, 0) is 72.7 Å². The van der Waals surface area contributed by atoms with Gasteiger partial charge in [-0.25, -0.2) is 4.79 Å². The molecule has 1 N–H and O–H groups in total. The van der Waals surface area contributed by atoms with E-state index in [4.69, 9.17) is 14.2 Å². The fraction of sp³-hybridized carbons (Fsp3) is 0.250. The van der Waals surface area contributed by atoms with Crippen LogP contribution in [0.5, 0.6) is 11.5 Å². The van der Waals surface area contributed by atoms with Gasteiger partial charge in [-0.15, -0.1) is 0 Å². The molecule has 1 fully saturated rings. The van der Waals surface area contributed by atoms with Crippen LogP contribution in [0.25, 0.3) is 17.2 Å². The van der Waals surface area contributed by atoms with E-state index in [0.29, 0.717) is 19.0 Å². The Morgan fingerprint density at radius 2 is 1.33 bits per heavy atom. The van der Waals surface area contributed by atoms with Gasteiger partial charge in [0.1, 0.15) is 24.7 Å². The van der Waals surface area contributed by atoms with Crippen LogP contribution in [0.4, 0.5) is 0 Å². The maximum absolute atomic E-state index is 11.5. The van der Waals surface area contributed by atoms with Crippen LogP contribution in [-0.4, -0.2) is 30.4 Å². The average molecular weight is 445 g/mol. The van der Waals surface area contributed by atoms with E-state index in [2.05, 4.69) is 12.1 Å². The maximum atomic E-state index is 11.5. The van der Waals surface area contributed by atoms with Crippen LogP contribution < -0.4 is 9.47 Å². The van der Waals surface area contributed by atoms with E-state index in [1.807, 2.05) is 66.7 Å². The summed E-state index contributed by atoms with van der Waals surface area (Å²) in [6.07, 6.45) is 5.57. The third-order valence-corrected chi connectivity index (χ3v) is 5.57. The second-order valence-electron chi connectivity index (χ2n) is 7.99. The molecule has 0 atom stereocenters. The molecule has 1 aliphatic rings. The number of carboxylic acids is 1. The molecule has 0 aromatic heterocycles. The quantitative estimate of drug-likeness (QED) is 0.229. The standard InChI is InChI=1S/C28H28O5/c29-28(30)27(33-26-8-4-5-9-26)20-21-10-14-24(15-11-21)31-18-19-32-25-16-12-23(13-17-25)22-6-2-1-3-7-22/h1-3,6-7,10-17,20,26H,4-5,8-9,18-19H2,(H,29,30). The zero-order valence-corrected chi connectivity index (χ0v) is 18.5. The monoisotopic (exact) mass is 444 g/mol. The van der Waals surface area contributed by atoms with Crippen molar-refractivity contribution in [3.8, 4) is 22.6 Å².